The predicted octanol–water partition coefficient (Wildman–Crippen LogP) is 12.8. The summed E-state index contributed by atoms with van der Waals surface area (Å²) in [6.07, 6.45) is 7.29. The molecule has 5 nitrogen and oxygen atoms in total. The fraction of sp³-hybridized carbons (Fsp3) is 0.0943. The summed E-state index contributed by atoms with van der Waals surface area (Å²) in [6.45, 7) is 4.40. The van der Waals surface area contributed by atoms with Gasteiger partial charge in [-0.3, -0.25) is 4.57 Å². The summed E-state index contributed by atoms with van der Waals surface area (Å²) >= 11 is 0. The van der Waals surface area contributed by atoms with Crippen LogP contribution in [-0.4, -0.2) is 14.1 Å². The maximum absolute atomic E-state index is 8.99. The molecule has 0 N–H and O–H groups in total. The molecular weight excluding hydrogens is 904 g/mol. The average Bonchev–Trinajstić information content (AvgIpc) is 3.90. The third kappa shape index (κ3) is 6.96. The van der Waals surface area contributed by atoms with E-state index in [1.54, 1.807) is 39.5 Å². The standard InChI is InChI=1S/C53H40N4O.Pt/c1-3-37(4-2)40-31-32-54-52(33-40)57-48-26-12-11-23-46(48)47-30-29-43(35-51(47)57)58-42-22-15-21-41(34-42)55-36-56(50-28-14-13-27-49(50)55)53-44(38-17-7-5-8-18-38)24-16-25-45(53)39-19-9-6-10-20-39;/h5-33,37H,3-4H2,1-2H3;/q-2;/i5D,6D,7D,8D,9D,10D,17D,18D,19D,20D;. The first-order valence-corrected chi connectivity index (χ1v) is 19.2. The van der Waals surface area contributed by atoms with E-state index < -0.39 is 60.4 Å². The molecule has 0 atom stereocenters. The van der Waals surface area contributed by atoms with E-state index in [4.69, 9.17) is 23.4 Å². The first kappa shape index (κ1) is 28.0. The molecule has 290 valence electrons. The molecule has 3 aromatic heterocycles. The zero-order valence-corrected chi connectivity index (χ0v) is 34.2. The van der Waals surface area contributed by atoms with E-state index in [2.05, 4.69) is 61.1 Å². The van der Waals surface area contributed by atoms with Gasteiger partial charge in [-0.25, -0.2) is 4.98 Å². The van der Waals surface area contributed by atoms with E-state index in [1.807, 2.05) is 60.8 Å². The molecule has 59 heavy (non-hydrogen) atoms. The number of ether oxygens (including phenoxy) is 1. The van der Waals surface area contributed by atoms with E-state index in [9.17, 15) is 0 Å². The van der Waals surface area contributed by atoms with Gasteiger partial charge in [0, 0.05) is 44.3 Å². The number of hydrogen-bond acceptors (Lipinski definition) is 2. The van der Waals surface area contributed by atoms with E-state index in [1.165, 1.54) is 5.56 Å². The van der Waals surface area contributed by atoms with Crippen molar-refractivity contribution in [3.8, 4) is 50.9 Å². The SMILES string of the molecule is [2H]c1c([2H])c([2H])c(-c2cccc(-c3c([2H])c([2H])c([2H])c([2H])c3[2H])c2-[n+]2[c-]n(-c3[c-]c(Oc4[c-]c5c(cc4)c4ccccc4n5-c4cc(C(CC)CC)ccn4)ccc3)c3ccccc32)c([2H])c1[2H].[Pt]. The van der Waals surface area contributed by atoms with Crippen molar-refractivity contribution in [2.45, 2.75) is 32.6 Å². The Labute approximate surface area is 373 Å². The minimum atomic E-state index is -0.570. The second-order valence-electron chi connectivity index (χ2n) is 13.9. The van der Waals surface area contributed by atoms with Gasteiger partial charge in [-0.2, -0.15) is 18.2 Å². The van der Waals surface area contributed by atoms with Crippen molar-refractivity contribution in [3.05, 3.63) is 200 Å². The monoisotopic (exact) mass is 953 g/mol. The molecule has 0 aliphatic carbocycles. The van der Waals surface area contributed by atoms with Crippen molar-refractivity contribution in [1.29, 1.82) is 0 Å². The van der Waals surface area contributed by atoms with Gasteiger partial charge >= 0.3 is 0 Å². The van der Waals surface area contributed by atoms with Crippen LogP contribution in [0.25, 0.3) is 72.3 Å². The average molecular weight is 954 g/mol. The maximum atomic E-state index is 8.99. The summed E-state index contributed by atoms with van der Waals surface area (Å²) in [5, 5.41) is 2.05. The van der Waals surface area contributed by atoms with Gasteiger partial charge in [0.15, 0.2) is 0 Å². The number of aromatic nitrogens is 4. The second kappa shape index (κ2) is 16.4. The Bertz CT molecular complexity index is 3540. The number of para-hydroxylation sites is 4. The van der Waals surface area contributed by atoms with Crippen LogP contribution in [0.3, 0.4) is 0 Å². The molecule has 0 saturated heterocycles. The number of fused-ring (bicyclic) bond motifs is 4. The summed E-state index contributed by atoms with van der Waals surface area (Å²) in [6, 6.07) is 35.5. The van der Waals surface area contributed by atoms with E-state index >= 15 is 0 Å². The zero-order valence-electron chi connectivity index (χ0n) is 42.0. The van der Waals surface area contributed by atoms with Gasteiger partial charge in [-0.15, -0.1) is 29.7 Å². The first-order valence-electron chi connectivity index (χ1n) is 24.2. The van der Waals surface area contributed by atoms with Crippen LogP contribution in [0.15, 0.2) is 176 Å². The smallest absolute Gasteiger partial charge is 0.268 e. The molecule has 0 saturated carbocycles. The van der Waals surface area contributed by atoms with Gasteiger partial charge in [0.2, 0.25) is 0 Å². The predicted molar refractivity (Wildman–Crippen MR) is 234 cm³/mol. The minimum absolute atomic E-state index is 0. The molecule has 0 radical (unpaired) electrons. The molecule has 0 aliphatic rings. The van der Waals surface area contributed by atoms with Crippen LogP contribution in [0.1, 0.15) is 51.9 Å². The number of hydrogen-bond donors (Lipinski definition) is 0. The van der Waals surface area contributed by atoms with E-state index in [-0.39, 0.29) is 49.0 Å². The van der Waals surface area contributed by atoms with Gasteiger partial charge in [0.05, 0.1) is 30.4 Å². The number of rotatable bonds is 10. The molecule has 0 aliphatic heterocycles. The fourth-order valence-electron chi connectivity index (χ4n) is 7.85. The third-order valence-corrected chi connectivity index (χ3v) is 10.6. The molecule has 0 spiro atoms. The summed E-state index contributed by atoms with van der Waals surface area (Å²) in [7, 11) is 0. The third-order valence-electron chi connectivity index (χ3n) is 10.6. The quantitative estimate of drug-likeness (QED) is 0.101. The summed E-state index contributed by atoms with van der Waals surface area (Å²) < 4.78 is 98.8. The Hall–Kier alpha value is -6.55. The molecular formula is C53H40N4OPt-2. The van der Waals surface area contributed by atoms with Crippen LogP contribution in [0, 0.1) is 18.5 Å². The number of pyridine rings is 1. The Balaban J connectivity index is 0.00000593. The maximum Gasteiger partial charge on any atom is 0.268 e. The van der Waals surface area contributed by atoms with Crippen molar-refractivity contribution in [3.63, 3.8) is 0 Å². The summed E-state index contributed by atoms with van der Waals surface area (Å²) in [4.78, 5) is 4.83. The van der Waals surface area contributed by atoms with Crippen molar-refractivity contribution >= 4 is 32.8 Å². The second-order valence-corrected chi connectivity index (χ2v) is 13.9. The summed E-state index contributed by atoms with van der Waals surface area (Å²) in [5.41, 5.74) is 4.86. The molecule has 10 rings (SSSR count). The molecule has 7 aromatic carbocycles. The Kier molecular flexibility index (Phi) is 7.76. The van der Waals surface area contributed by atoms with Gasteiger partial charge < -0.3 is 13.9 Å². The molecule has 10 aromatic rings. The number of imidazole rings is 1. The zero-order chi connectivity index (χ0) is 47.7. The van der Waals surface area contributed by atoms with Gasteiger partial charge in [-0.1, -0.05) is 140 Å². The Morgan fingerprint density at radius 2 is 1.34 bits per heavy atom. The minimum Gasteiger partial charge on any atom is -0.510 e. The van der Waals surface area contributed by atoms with Gasteiger partial charge in [0.1, 0.15) is 5.82 Å². The molecule has 0 unspecified atom stereocenters. The Morgan fingerprint density at radius 1 is 0.678 bits per heavy atom. The summed E-state index contributed by atoms with van der Waals surface area (Å²) in [5.74, 6) is 2.00. The molecule has 0 fully saturated rings. The fourth-order valence-corrected chi connectivity index (χ4v) is 7.85. The Morgan fingerprint density at radius 3 is 2.07 bits per heavy atom. The topological polar surface area (TPSA) is 35.9 Å². The van der Waals surface area contributed by atoms with E-state index in [0.717, 1.165) is 40.5 Å². The van der Waals surface area contributed by atoms with Crippen LogP contribution in [0.5, 0.6) is 11.5 Å². The molecule has 0 bridgehead atoms. The largest absolute Gasteiger partial charge is 0.510 e. The van der Waals surface area contributed by atoms with Crippen LogP contribution < -0.4 is 9.30 Å². The van der Waals surface area contributed by atoms with Crippen molar-refractivity contribution < 1.29 is 44.1 Å². The van der Waals surface area contributed by atoms with Crippen molar-refractivity contribution in [2.75, 3.05) is 0 Å². The first-order chi connectivity index (χ1) is 32.8. The molecule has 3 heterocycles. The van der Waals surface area contributed by atoms with E-state index in [0.29, 0.717) is 34.1 Å². The number of nitrogens with zero attached hydrogens (tertiary/aromatic N) is 4. The van der Waals surface area contributed by atoms with Crippen molar-refractivity contribution in [1.82, 2.24) is 14.1 Å². The molecule has 0 amide bonds. The number of benzene rings is 7. The van der Waals surface area contributed by atoms with Crippen LogP contribution in [-0.2, 0) is 21.1 Å². The van der Waals surface area contributed by atoms with Crippen molar-refractivity contribution in [2.24, 2.45) is 0 Å². The van der Waals surface area contributed by atoms with Gasteiger partial charge in [-0.05, 0) is 75.8 Å². The van der Waals surface area contributed by atoms with Crippen LogP contribution in [0.4, 0.5) is 0 Å². The van der Waals surface area contributed by atoms with Crippen LogP contribution >= 0.6 is 0 Å². The van der Waals surface area contributed by atoms with Crippen LogP contribution in [0.2, 0.25) is 0 Å². The normalized spacial score (nSPS) is 13.7. The molecule has 6 heteroatoms. The van der Waals surface area contributed by atoms with Gasteiger partial charge in [0.25, 0.3) is 6.33 Å².